The van der Waals surface area contributed by atoms with Crippen molar-refractivity contribution in [3.8, 4) is 0 Å². The van der Waals surface area contributed by atoms with Crippen LogP contribution in [0.2, 0.25) is 0 Å². The molecule has 0 aliphatic carbocycles. The van der Waals surface area contributed by atoms with Crippen LogP contribution in [0, 0.1) is 0 Å². The molecule has 0 saturated carbocycles. The minimum absolute atomic E-state index is 0.129. The average Bonchev–Trinajstić information content (AvgIpc) is 3.49. The molecule has 0 aromatic carbocycles. The number of ether oxygens (including phenoxy) is 3. The number of unbranched alkanes of at least 4 members (excludes halogenated alkanes) is 11. The third kappa shape index (κ3) is 66.7. The van der Waals surface area contributed by atoms with E-state index >= 15 is 0 Å². The van der Waals surface area contributed by atoms with Crippen LogP contribution >= 0.6 is 0 Å². The van der Waals surface area contributed by atoms with Crippen molar-refractivity contribution in [1.29, 1.82) is 0 Å². The molecule has 0 aromatic rings. The van der Waals surface area contributed by atoms with E-state index in [1.165, 1.54) is 19.3 Å². The van der Waals surface area contributed by atoms with Crippen LogP contribution in [0.25, 0.3) is 0 Å². The van der Waals surface area contributed by atoms with Gasteiger partial charge in [-0.2, -0.15) is 0 Å². The summed E-state index contributed by atoms with van der Waals surface area (Å²) in [5, 5.41) is 0. The lowest BCUT2D eigenvalue weighted by atomic mass is 10.1. The van der Waals surface area contributed by atoms with E-state index in [0.717, 1.165) is 173 Å². The molecular formula is C77H116O6. The summed E-state index contributed by atoms with van der Waals surface area (Å²) in [6, 6.07) is 0. The number of hydrogen-bond acceptors (Lipinski definition) is 6. The zero-order valence-electron chi connectivity index (χ0n) is 52.6. The van der Waals surface area contributed by atoms with Gasteiger partial charge in [-0.25, -0.2) is 0 Å². The van der Waals surface area contributed by atoms with Gasteiger partial charge in [0.2, 0.25) is 0 Å². The number of rotatable bonds is 56. The first-order valence-corrected chi connectivity index (χ1v) is 32.6. The fourth-order valence-electron chi connectivity index (χ4n) is 8.03. The van der Waals surface area contributed by atoms with Gasteiger partial charge in [0, 0.05) is 19.3 Å². The summed E-state index contributed by atoms with van der Waals surface area (Å²) in [5.41, 5.74) is 0. The Morgan fingerprint density at radius 2 is 0.458 bits per heavy atom. The monoisotopic (exact) mass is 1140 g/mol. The maximum atomic E-state index is 12.9. The smallest absolute Gasteiger partial charge is 0.306 e. The van der Waals surface area contributed by atoms with Crippen LogP contribution in [0.4, 0.5) is 0 Å². The maximum absolute atomic E-state index is 12.9. The molecule has 460 valence electrons. The molecule has 1 atom stereocenters. The van der Waals surface area contributed by atoms with Gasteiger partial charge >= 0.3 is 17.9 Å². The van der Waals surface area contributed by atoms with Crippen LogP contribution in [0.15, 0.2) is 207 Å². The Labute approximate surface area is 509 Å². The van der Waals surface area contributed by atoms with E-state index in [1.54, 1.807) is 0 Å². The molecule has 0 aliphatic rings. The standard InChI is InChI=1S/C77H116O6/c1-4-7-10-13-16-19-22-25-27-29-30-31-32-33-34-35-36-37-38-39-40-41-42-43-44-45-46-48-49-52-55-58-61-64-67-70-76(79)82-73-74(72-81-75(78)69-66-63-60-57-54-51-24-21-18-15-12-9-6-3)83-77(80)71-68-65-62-59-56-53-50-47-28-26-23-20-17-14-11-8-5-2/h7-12,16-21,25-28,30-31,33-34,36-37,39-40,42-43,45-46,49,51-52,54,60,63,74H,4-6,13-15,22-24,29,32,35,38,41,44,47-48,50,53,55-59,61-62,64-73H2,1-3H3/b10-7-,11-8-,12-9-,19-16-,20-17-,21-18-,27-25-,28-26-,31-30-,34-33-,37-36-,40-39-,43-42-,46-45-,52-49-,54-51-,63-60-. The molecule has 0 bridgehead atoms. The third-order valence-corrected chi connectivity index (χ3v) is 12.8. The molecule has 1 unspecified atom stereocenters. The van der Waals surface area contributed by atoms with E-state index in [0.29, 0.717) is 12.8 Å². The molecule has 0 rings (SSSR count). The third-order valence-electron chi connectivity index (χ3n) is 12.8. The fraction of sp³-hybridized carbons (Fsp3) is 0.519. The van der Waals surface area contributed by atoms with Crippen molar-refractivity contribution >= 4 is 17.9 Å². The van der Waals surface area contributed by atoms with Crippen molar-refractivity contribution in [3.05, 3.63) is 207 Å². The Morgan fingerprint density at radius 3 is 0.747 bits per heavy atom. The van der Waals surface area contributed by atoms with Crippen molar-refractivity contribution in [3.63, 3.8) is 0 Å². The van der Waals surface area contributed by atoms with E-state index in [1.807, 2.05) is 12.2 Å². The molecule has 0 aromatic heterocycles. The summed E-state index contributed by atoms with van der Waals surface area (Å²) in [7, 11) is 0. The molecule has 83 heavy (non-hydrogen) atoms. The predicted octanol–water partition coefficient (Wildman–Crippen LogP) is 22.8. The number of carbonyl (C=O) groups is 3. The summed E-state index contributed by atoms with van der Waals surface area (Å²) in [6.45, 7) is 6.18. The van der Waals surface area contributed by atoms with E-state index in [-0.39, 0.29) is 44.0 Å². The average molecular weight is 1140 g/mol. The number of carbonyl (C=O) groups excluding carboxylic acids is 3. The highest BCUT2D eigenvalue weighted by Gasteiger charge is 2.19. The topological polar surface area (TPSA) is 78.9 Å². The van der Waals surface area contributed by atoms with Gasteiger partial charge in [-0.3, -0.25) is 14.4 Å². The van der Waals surface area contributed by atoms with Crippen molar-refractivity contribution in [2.75, 3.05) is 13.2 Å². The van der Waals surface area contributed by atoms with Crippen LogP contribution in [0.5, 0.6) is 0 Å². The van der Waals surface area contributed by atoms with Gasteiger partial charge in [0.05, 0.1) is 0 Å². The summed E-state index contributed by atoms with van der Waals surface area (Å²) >= 11 is 0. The molecule has 0 amide bonds. The first kappa shape index (κ1) is 77.0. The van der Waals surface area contributed by atoms with Crippen molar-refractivity contribution in [2.45, 2.75) is 245 Å². The molecule has 0 heterocycles. The molecule has 0 saturated heterocycles. The van der Waals surface area contributed by atoms with Gasteiger partial charge in [0.1, 0.15) is 13.2 Å². The molecular weight excluding hydrogens is 1020 g/mol. The second kappa shape index (κ2) is 68.5. The van der Waals surface area contributed by atoms with Gasteiger partial charge in [-0.1, -0.05) is 272 Å². The Balaban J connectivity index is 4.41. The minimum atomic E-state index is -0.836. The molecule has 0 radical (unpaired) electrons. The van der Waals surface area contributed by atoms with E-state index in [9.17, 15) is 14.4 Å². The van der Waals surface area contributed by atoms with E-state index < -0.39 is 6.10 Å². The maximum Gasteiger partial charge on any atom is 0.306 e. The van der Waals surface area contributed by atoms with Crippen molar-refractivity contribution < 1.29 is 28.6 Å². The Kier molecular flexibility index (Phi) is 63.5. The first-order chi connectivity index (χ1) is 41.0. The second-order valence-corrected chi connectivity index (χ2v) is 20.5. The summed E-state index contributed by atoms with van der Waals surface area (Å²) in [6.07, 6.45) is 106. The summed E-state index contributed by atoms with van der Waals surface area (Å²) in [5.74, 6) is -1.06. The lowest BCUT2D eigenvalue weighted by Crippen LogP contribution is -2.30. The van der Waals surface area contributed by atoms with Crippen LogP contribution in [-0.4, -0.2) is 37.2 Å². The predicted molar refractivity (Wildman–Crippen MR) is 361 cm³/mol. The van der Waals surface area contributed by atoms with E-state index in [2.05, 4.69) is 215 Å². The highest BCUT2D eigenvalue weighted by atomic mass is 16.6. The molecule has 6 nitrogen and oxygen atoms in total. The molecule has 0 spiro atoms. The molecule has 0 N–H and O–H groups in total. The van der Waals surface area contributed by atoms with Crippen molar-refractivity contribution in [2.24, 2.45) is 0 Å². The van der Waals surface area contributed by atoms with Gasteiger partial charge in [-0.05, 0) is 154 Å². The van der Waals surface area contributed by atoms with Gasteiger partial charge < -0.3 is 14.2 Å². The first-order valence-electron chi connectivity index (χ1n) is 32.6. The highest BCUT2D eigenvalue weighted by Crippen LogP contribution is 2.13. The zero-order chi connectivity index (χ0) is 59.9. The number of esters is 3. The normalized spacial score (nSPS) is 13.5. The lowest BCUT2D eigenvalue weighted by Gasteiger charge is -2.18. The summed E-state index contributed by atoms with van der Waals surface area (Å²) in [4.78, 5) is 38.2. The Morgan fingerprint density at radius 1 is 0.241 bits per heavy atom. The van der Waals surface area contributed by atoms with Crippen LogP contribution in [0.3, 0.4) is 0 Å². The quantitative estimate of drug-likeness (QED) is 0.0261. The van der Waals surface area contributed by atoms with E-state index in [4.69, 9.17) is 14.2 Å². The van der Waals surface area contributed by atoms with Crippen LogP contribution < -0.4 is 0 Å². The second-order valence-electron chi connectivity index (χ2n) is 20.5. The minimum Gasteiger partial charge on any atom is -0.462 e. The lowest BCUT2D eigenvalue weighted by molar-refractivity contribution is -0.166. The fourth-order valence-corrected chi connectivity index (χ4v) is 8.03. The van der Waals surface area contributed by atoms with Crippen LogP contribution in [-0.2, 0) is 28.6 Å². The Hall–Kier alpha value is -6.01. The van der Waals surface area contributed by atoms with Gasteiger partial charge in [-0.15, -0.1) is 0 Å². The highest BCUT2D eigenvalue weighted by molar-refractivity contribution is 5.71. The van der Waals surface area contributed by atoms with Gasteiger partial charge in [0.15, 0.2) is 6.10 Å². The SMILES string of the molecule is CC/C=C\C/C=C\C/C=C\C/C=C\C/C=C\C/C=C\C/C=C\C/C=C\C/C=C\C/C=C\CCCCCCC(=O)OCC(COC(=O)CC/C=C\C/C=C\C/C=C\C/C=C\CC)OC(=O)CCCCCCCCC/C=C\C/C=C\C/C=C\CC. The van der Waals surface area contributed by atoms with Crippen LogP contribution in [0.1, 0.15) is 239 Å². The largest absolute Gasteiger partial charge is 0.462 e. The number of allylic oxidation sites excluding steroid dienone is 34. The zero-order valence-corrected chi connectivity index (χ0v) is 52.6. The van der Waals surface area contributed by atoms with Crippen molar-refractivity contribution in [1.82, 2.24) is 0 Å². The van der Waals surface area contributed by atoms with Gasteiger partial charge in [0.25, 0.3) is 0 Å². The Bertz CT molecular complexity index is 2030. The molecule has 6 heteroatoms. The number of hydrogen-bond donors (Lipinski definition) is 0. The molecule has 0 aliphatic heterocycles. The summed E-state index contributed by atoms with van der Waals surface area (Å²) < 4.78 is 16.8. The molecule has 0 fully saturated rings.